The van der Waals surface area contributed by atoms with Crippen LogP contribution in [0.5, 0.6) is 0 Å². The molecule has 0 aliphatic rings. The quantitative estimate of drug-likeness (QED) is 0.708. The van der Waals surface area contributed by atoms with Gasteiger partial charge in [-0.1, -0.05) is 0 Å². The molecule has 0 aliphatic heterocycles. The first-order chi connectivity index (χ1) is 9.13. The summed E-state index contributed by atoms with van der Waals surface area (Å²) < 4.78 is 0. The molecule has 0 fully saturated rings. The molecule has 1 aromatic rings. The van der Waals surface area contributed by atoms with Crippen LogP contribution < -0.4 is 5.32 Å². The molecule has 1 atom stereocenters. The van der Waals surface area contributed by atoms with Crippen molar-refractivity contribution >= 4 is 35.4 Å². The molecule has 5 nitrogen and oxygen atoms in total. The standard InChI is InChI=1S/C12H16N2O3S2/c1-18-7-4-10(12(16)17)14-11(15)8-19-9-2-5-13-6-3-9/h2-3,5-6,10H,4,7-8H2,1H3,(H,14,15)(H,16,17). The smallest absolute Gasteiger partial charge is 0.326 e. The Morgan fingerprint density at radius 2 is 2.11 bits per heavy atom. The zero-order valence-electron chi connectivity index (χ0n) is 10.5. The lowest BCUT2D eigenvalue weighted by Gasteiger charge is -2.13. The molecule has 7 heteroatoms. The van der Waals surface area contributed by atoms with Gasteiger partial charge in [-0.05, 0) is 30.6 Å². The van der Waals surface area contributed by atoms with Crippen LogP contribution in [0.3, 0.4) is 0 Å². The molecule has 19 heavy (non-hydrogen) atoms. The molecule has 0 aromatic carbocycles. The maximum Gasteiger partial charge on any atom is 0.326 e. The number of nitrogens with one attached hydrogen (secondary N) is 1. The van der Waals surface area contributed by atoms with E-state index in [0.29, 0.717) is 12.2 Å². The molecule has 0 aliphatic carbocycles. The third kappa shape index (κ3) is 6.49. The van der Waals surface area contributed by atoms with Gasteiger partial charge in [0, 0.05) is 17.3 Å². The predicted molar refractivity (Wildman–Crippen MR) is 77.5 cm³/mol. The summed E-state index contributed by atoms with van der Waals surface area (Å²) in [6.07, 6.45) is 5.64. The van der Waals surface area contributed by atoms with Crippen LogP contribution in [0.25, 0.3) is 0 Å². The van der Waals surface area contributed by atoms with Crippen molar-refractivity contribution in [3.63, 3.8) is 0 Å². The zero-order valence-corrected chi connectivity index (χ0v) is 12.2. The van der Waals surface area contributed by atoms with Gasteiger partial charge in [0.05, 0.1) is 5.75 Å². The van der Waals surface area contributed by atoms with Crippen molar-refractivity contribution in [2.45, 2.75) is 17.4 Å². The molecule has 1 amide bonds. The highest BCUT2D eigenvalue weighted by atomic mass is 32.2. The van der Waals surface area contributed by atoms with Crippen LogP contribution in [-0.2, 0) is 9.59 Å². The Balaban J connectivity index is 2.38. The molecule has 0 bridgehead atoms. The minimum atomic E-state index is -0.990. The highest BCUT2D eigenvalue weighted by Gasteiger charge is 2.19. The van der Waals surface area contributed by atoms with Crippen LogP contribution >= 0.6 is 23.5 Å². The highest BCUT2D eigenvalue weighted by Crippen LogP contribution is 2.15. The third-order valence-electron chi connectivity index (χ3n) is 2.26. The van der Waals surface area contributed by atoms with Gasteiger partial charge in [0.2, 0.25) is 5.91 Å². The van der Waals surface area contributed by atoms with Crippen molar-refractivity contribution in [2.24, 2.45) is 0 Å². The van der Waals surface area contributed by atoms with Crippen molar-refractivity contribution in [1.29, 1.82) is 0 Å². The van der Waals surface area contributed by atoms with Gasteiger partial charge in [-0.2, -0.15) is 11.8 Å². The molecule has 1 heterocycles. The molecule has 104 valence electrons. The largest absolute Gasteiger partial charge is 0.480 e. The van der Waals surface area contributed by atoms with E-state index in [2.05, 4.69) is 10.3 Å². The monoisotopic (exact) mass is 300 g/mol. The Labute approximate surface area is 120 Å². The van der Waals surface area contributed by atoms with E-state index in [9.17, 15) is 9.59 Å². The van der Waals surface area contributed by atoms with Crippen LogP contribution in [0.15, 0.2) is 29.4 Å². The number of carbonyl (C=O) groups is 2. The Morgan fingerprint density at radius 1 is 1.42 bits per heavy atom. The van der Waals surface area contributed by atoms with E-state index >= 15 is 0 Å². The first-order valence-corrected chi connectivity index (χ1v) is 8.05. The number of hydrogen-bond donors (Lipinski definition) is 2. The number of carboxylic acid groups (broad SMARTS) is 1. The number of rotatable bonds is 8. The van der Waals surface area contributed by atoms with Gasteiger partial charge < -0.3 is 10.4 Å². The number of aliphatic carboxylic acids is 1. The summed E-state index contributed by atoms with van der Waals surface area (Å²) >= 11 is 2.91. The van der Waals surface area contributed by atoms with E-state index in [0.717, 1.165) is 4.90 Å². The summed E-state index contributed by atoms with van der Waals surface area (Å²) in [4.78, 5) is 27.5. The number of hydrogen-bond acceptors (Lipinski definition) is 5. The molecular formula is C12H16N2O3S2. The molecule has 1 aromatic heterocycles. The number of pyridine rings is 1. The molecule has 1 unspecified atom stereocenters. The van der Waals surface area contributed by atoms with Crippen molar-refractivity contribution in [3.05, 3.63) is 24.5 Å². The fourth-order valence-electron chi connectivity index (χ4n) is 1.31. The molecule has 0 spiro atoms. The van der Waals surface area contributed by atoms with Crippen molar-refractivity contribution in [1.82, 2.24) is 10.3 Å². The average Bonchev–Trinajstić information content (AvgIpc) is 2.42. The third-order valence-corrected chi connectivity index (χ3v) is 3.92. The Bertz CT molecular complexity index is 415. The highest BCUT2D eigenvalue weighted by molar-refractivity contribution is 8.00. The summed E-state index contributed by atoms with van der Waals surface area (Å²) in [7, 11) is 0. The number of amides is 1. The number of nitrogens with zero attached hydrogens (tertiary/aromatic N) is 1. The van der Waals surface area contributed by atoms with Gasteiger partial charge >= 0.3 is 5.97 Å². The number of thioether (sulfide) groups is 2. The average molecular weight is 300 g/mol. The van der Waals surface area contributed by atoms with Crippen LogP contribution in [0.1, 0.15) is 6.42 Å². The second kappa shape index (κ2) is 8.82. The number of carbonyl (C=O) groups excluding carboxylic acids is 1. The van der Waals surface area contributed by atoms with E-state index < -0.39 is 12.0 Å². The molecule has 1 rings (SSSR count). The van der Waals surface area contributed by atoms with Gasteiger partial charge in [0.1, 0.15) is 6.04 Å². The molecule has 0 saturated carbocycles. The van der Waals surface area contributed by atoms with Gasteiger partial charge in [-0.15, -0.1) is 11.8 Å². The van der Waals surface area contributed by atoms with Crippen molar-refractivity contribution in [2.75, 3.05) is 17.8 Å². The topological polar surface area (TPSA) is 79.3 Å². The van der Waals surface area contributed by atoms with E-state index in [1.165, 1.54) is 11.8 Å². The molecule has 0 radical (unpaired) electrons. The lowest BCUT2D eigenvalue weighted by atomic mass is 10.2. The maximum atomic E-state index is 11.7. The number of aromatic nitrogens is 1. The Kier molecular flexibility index (Phi) is 7.35. The van der Waals surface area contributed by atoms with Crippen LogP contribution in [0.4, 0.5) is 0 Å². The van der Waals surface area contributed by atoms with Gasteiger partial charge in [0.15, 0.2) is 0 Å². The Hall–Kier alpha value is -1.21. The zero-order chi connectivity index (χ0) is 14.1. The Morgan fingerprint density at radius 3 is 2.68 bits per heavy atom. The molecular weight excluding hydrogens is 284 g/mol. The first-order valence-electron chi connectivity index (χ1n) is 5.67. The summed E-state index contributed by atoms with van der Waals surface area (Å²) in [5.74, 6) is -0.353. The molecule has 0 saturated heterocycles. The summed E-state index contributed by atoms with van der Waals surface area (Å²) in [5.41, 5.74) is 0. The van der Waals surface area contributed by atoms with Crippen LogP contribution in [-0.4, -0.2) is 45.8 Å². The van der Waals surface area contributed by atoms with Crippen LogP contribution in [0.2, 0.25) is 0 Å². The lowest BCUT2D eigenvalue weighted by molar-refractivity contribution is -0.141. The first kappa shape index (κ1) is 15.8. The van der Waals surface area contributed by atoms with E-state index in [4.69, 9.17) is 5.11 Å². The van der Waals surface area contributed by atoms with E-state index in [1.807, 2.05) is 6.26 Å². The summed E-state index contributed by atoms with van der Waals surface area (Å²) in [6, 6.07) is 2.80. The van der Waals surface area contributed by atoms with Crippen molar-refractivity contribution < 1.29 is 14.7 Å². The van der Waals surface area contributed by atoms with Gasteiger partial charge in [-0.3, -0.25) is 9.78 Å². The second-order valence-electron chi connectivity index (χ2n) is 3.71. The maximum absolute atomic E-state index is 11.7. The molecule has 2 N–H and O–H groups in total. The normalized spacial score (nSPS) is 11.8. The lowest BCUT2D eigenvalue weighted by Crippen LogP contribution is -2.42. The number of carboxylic acids is 1. The SMILES string of the molecule is CSCCC(NC(=O)CSc1ccncc1)C(=O)O. The summed E-state index contributed by atoms with van der Waals surface area (Å²) in [6.45, 7) is 0. The van der Waals surface area contributed by atoms with Crippen molar-refractivity contribution in [3.8, 4) is 0 Å². The van der Waals surface area contributed by atoms with E-state index in [-0.39, 0.29) is 11.7 Å². The fourth-order valence-corrected chi connectivity index (χ4v) is 2.48. The van der Waals surface area contributed by atoms with Gasteiger partial charge in [-0.25, -0.2) is 4.79 Å². The minimum absolute atomic E-state index is 0.201. The van der Waals surface area contributed by atoms with Crippen LogP contribution in [0, 0.1) is 0 Å². The second-order valence-corrected chi connectivity index (χ2v) is 5.75. The van der Waals surface area contributed by atoms with Gasteiger partial charge in [0.25, 0.3) is 0 Å². The fraction of sp³-hybridized carbons (Fsp3) is 0.417. The summed E-state index contributed by atoms with van der Waals surface area (Å²) in [5, 5.41) is 11.5. The minimum Gasteiger partial charge on any atom is -0.480 e. The van der Waals surface area contributed by atoms with E-state index in [1.54, 1.807) is 36.3 Å². The predicted octanol–water partition coefficient (Wildman–Crippen LogP) is 1.50.